The van der Waals surface area contributed by atoms with Gasteiger partial charge in [0.05, 0.1) is 10.0 Å². The molecule has 0 bridgehead atoms. The second-order valence-electron chi connectivity index (χ2n) is 4.05. The lowest BCUT2D eigenvalue weighted by Gasteiger charge is -2.24. The van der Waals surface area contributed by atoms with E-state index in [1.807, 2.05) is 18.2 Å². The molecule has 0 saturated carbocycles. The van der Waals surface area contributed by atoms with Gasteiger partial charge < -0.3 is 5.73 Å². The van der Waals surface area contributed by atoms with Crippen molar-refractivity contribution in [3.8, 4) is 0 Å². The predicted molar refractivity (Wildman–Crippen MR) is 63.2 cm³/mol. The number of hydrogen-bond acceptors (Lipinski definition) is 1. The molecule has 0 unspecified atom stereocenters. The highest BCUT2D eigenvalue weighted by atomic mass is 35.5. The zero-order chi connectivity index (χ0) is 10.8. The summed E-state index contributed by atoms with van der Waals surface area (Å²) in [5.41, 5.74) is 6.80. The number of benzene rings is 1. The predicted octanol–water partition coefficient (Wildman–Crippen LogP) is 3.62. The molecule has 1 aromatic carbocycles. The van der Waals surface area contributed by atoms with Crippen molar-refractivity contribution in [1.82, 2.24) is 0 Å². The second kappa shape index (κ2) is 4.52. The Morgan fingerprint density at radius 3 is 2.36 bits per heavy atom. The van der Waals surface area contributed by atoms with E-state index in [9.17, 15) is 0 Å². The topological polar surface area (TPSA) is 26.0 Å². The average molecular weight is 232 g/mol. The van der Waals surface area contributed by atoms with Crippen molar-refractivity contribution in [1.29, 1.82) is 0 Å². The van der Waals surface area contributed by atoms with Crippen molar-refractivity contribution in [3.63, 3.8) is 0 Å². The zero-order valence-corrected chi connectivity index (χ0v) is 9.99. The molecule has 0 spiro atoms. The van der Waals surface area contributed by atoms with Gasteiger partial charge in [-0.05, 0) is 36.1 Å². The quantitative estimate of drug-likeness (QED) is 0.846. The molecule has 1 aromatic rings. The summed E-state index contributed by atoms with van der Waals surface area (Å²) in [5.74, 6) is 0. The number of nitrogens with two attached hydrogens (primary N) is 1. The minimum Gasteiger partial charge on any atom is -0.330 e. The Kier molecular flexibility index (Phi) is 3.82. The molecule has 0 aliphatic heterocycles. The molecule has 0 aliphatic carbocycles. The molecule has 78 valence electrons. The van der Waals surface area contributed by atoms with E-state index in [2.05, 4.69) is 13.8 Å². The van der Waals surface area contributed by atoms with Gasteiger partial charge in [-0.2, -0.15) is 0 Å². The maximum Gasteiger partial charge on any atom is 0.0595 e. The van der Waals surface area contributed by atoms with Crippen LogP contribution in [0.15, 0.2) is 18.2 Å². The summed E-state index contributed by atoms with van der Waals surface area (Å²) in [5, 5.41) is 1.20. The molecule has 0 saturated heterocycles. The fourth-order valence-corrected chi connectivity index (χ4v) is 1.72. The Morgan fingerprint density at radius 2 is 1.86 bits per heavy atom. The molecule has 0 heterocycles. The molecule has 1 rings (SSSR count). The van der Waals surface area contributed by atoms with E-state index in [0.29, 0.717) is 16.6 Å². The van der Waals surface area contributed by atoms with Gasteiger partial charge in [0.25, 0.3) is 0 Å². The summed E-state index contributed by atoms with van der Waals surface area (Å²) in [7, 11) is 0. The Hall–Kier alpha value is -0.240. The molecule has 1 nitrogen and oxygen atoms in total. The van der Waals surface area contributed by atoms with Crippen LogP contribution in [0.3, 0.4) is 0 Å². The van der Waals surface area contributed by atoms with Crippen LogP contribution in [0.5, 0.6) is 0 Å². The number of rotatable bonds is 3. The van der Waals surface area contributed by atoms with Gasteiger partial charge in [-0.25, -0.2) is 0 Å². The molecule has 0 atom stereocenters. The van der Waals surface area contributed by atoms with Crippen molar-refractivity contribution in [3.05, 3.63) is 33.8 Å². The molecule has 0 amide bonds. The smallest absolute Gasteiger partial charge is 0.0595 e. The van der Waals surface area contributed by atoms with E-state index in [-0.39, 0.29) is 5.41 Å². The van der Waals surface area contributed by atoms with Crippen molar-refractivity contribution < 1.29 is 0 Å². The Balaban J connectivity index is 3.01. The fourth-order valence-electron chi connectivity index (χ4n) is 1.42. The monoisotopic (exact) mass is 231 g/mol. The van der Waals surface area contributed by atoms with Crippen LogP contribution in [0.1, 0.15) is 25.8 Å². The molecule has 0 aromatic heterocycles. The van der Waals surface area contributed by atoms with E-state index in [4.69, 9.17) is 28.9 Å². The van der Waals surface area contributed by atoms with Gasteiger partial charge in [-0.1, -0.05) is 43.1 Å². The maximum absolute atomic E-state index is 5.96. The molecule has 2 N–H and O–H groups in total. The third kappa shape index (κ3) is 2.63. The van der Waals surface area contributed by atoms with Gasteiger partial charge in [-0.3, -0.25) is 0 Å². The van der Waals surface area contributed by atoms with Gasteiger partial charge in [0.1, 0.15) is 0 Å². The van der Waals surface area contributed by atoms with Crippen LogP contribution in [0.4, 0.5) is 0 Å². The Labute approximate surface area is 95.2 Å². The number of halogens is 2. The van der Waals surface area contributed by atoms with Gasteiger partial charge in [-0.15, -0.1) is 0 Å². The minimum absolute atomic E-state index is 0.0585. The first-order valence-corrected chi connectivity index (χ1v) is 5.38. The Morgan fingerprint density at radius 1 is 1.21 bits per heavy atom. The van der Waals surface area contributed by atoms with Crippen LogP contribution >= 0.6 is 23.2 Å². The maximum atomic E-state index is 5.96. The lowest BCUT2D eigenvalue weighted by Crippen LogP contribution is -2.21. The first-order chi connectivity index (χ1) is 6.47. The summed E-state index contributed by atoms with van der Waals surface area (Å²) in [6, 6.07) is 5.75. The highest BCUT2D eigenvalue weighted by Crippen LogP contribution is 2.31. The minimum atomic E-state index is 0.0585. The first-order valence-electron chi connectivity index (χ1n) is 4.63. The molecule has 0 radical (unpaired) electrons. The van der Waals surface area contributed by atoms with E-state index < -0.39 is 0 Å². The summed E-state index contributed by atoms with van der Waals surface area (Å²) in [6.45, 7) is 4.98. The third-order valence-electron chi connectivity index (χ3n) is 2.47. The van der Waals surface area contributed by atoms with E-state index in [0.717, 1.165) is 6.42 Å². The highest BCUT2D eigenvalue weighted by molar-refractivity contribution is 6.42. The Bertz CT molecular complexity index is 321. The van der Waals surface area contributed by atoms with Crippen LogP contribution in [-0.2, 0) is 5.41 Å². The van der Waals surface area contributed by atoms with E-state index >= 15 is 0 Å². The lowest BCUT2D eigenvalue weighted by atomic mass is 9.82. The van der Waals surface area contributed by atoms with Crippen molar-refractivity contribution in [2.24, 2.45) is 5.73 Å². The van der Waals surface area contributed by atoms with Crippen LogP contribution in [0, 0.1) is 0 Å². The summed E-state index contributed by atoms with van der Waals surface area (Å²) >= 11 is 11.8. The van der Waals surface area contributed by atoms with Gasteiger partial charge in [0.2, 0.25) is 0 Å². The van der Waals surface area contributed by atoms with E-state index in [1.165, 1.54) is 5.56 Å². The van der Waals surface area contributed by atoms with Gasteiger partial charge in [0.15, 0.2) is 0 Å². The second-order valence-corrected chi connectivity index (χ2v) is 4.87. The summed E-state index contributed by atoms with van der Waals surface area (Å²) in [6.07, 6.45) is 0.935. The highest BCUT2D eigenvalue weighted by Gasteiger charge is 2.20. The number of hydrogen-bond donors (Lipinski definition) is 1. The fraction of sp³-hybridized carbons (Fsp3) is 0.455. The molecule has 0 fully saturated rings. The lowest BCUT2D eigenvalue weighted by molar-refractivity contribution is 0.488. The van der Waals surface area contributed by atoms with Crippen LogP contribution in [0.25, 0.3) is 0 Å². The summed E-state index contributed by atoms with van der Waals surface area (Å²) in [4.78, 5) is 0. The molecular weight excluding hydrogens is 217 g/mol. The van der Waals surface area contributed by atoms with Crippen molar-refractivity contribution in [2.45, 2.75) is 25.7 Å². The normalized spacial score (nSPS) is 11.8. The SMILES string of the molecule is CC(C)(CCN)c1ccc(Cl)c(Cl)c1. The molecule has 3 heteroatoms. The molecule has 0 aliphatic rings. The van der Waals surface area contributed by atoms with E-state index in [1.54, 1.807) is 0 Å². The van der Waals surface area contributed by atoms with Gasteiger partial charge in [0, 0.05) is 0 Å². The van der Waals surface area contributed by atoms with Crippen molar-refractivity contribution >= 4 is 23.2 Å². The first kappa shape index (κ1) is 11.8. The standard InChI is InChI=1S/C11H15Cl2N/c1-11(2,5-6-14)8-3-4-9(12)10(13)7-8/h3-4,7H,5-6,14H2,1-2H3. The van der Waals surface area contributed by atoms with Crippen LogP contribution in [-0.4, -0.2) is 6.54 Å². The van der Waals surface area contributed by atoms with Crippen LogP contribution < -0.4 is 5.73 Å². The zero-order valence-electron chi connectivity index (χ0n) is 8.48. The van der Waals surface area contributed by atoms with Gasteiger partial charge >= 0.3 is 0 Å². The third-order valence-corrected chi connectivity index (χ3v) is 3.21. The molecule has 14 heavy (non-hydrogen) atoms. The average Bonchev–Trinajstić information content (AvgIpc) is 2.09. The summed E-state index contributed by atoms with van der Waals surface area (Å²) < 4.78 is 0. The molecular formula is C11H15Cl2N. The van der Waals surface area contributed by atoms with Crippen LogP contribution in [0.2, 0.25) is 10.0 Å². The van der Waals surface area contributed by atoms with Crippen molar-refractivity contribution in [2.75, 3.05) is 6.54 Å². The largest absolute Gasteiger partial charge is 0.330 e.